The van der Waals surface area contributed by atoms with Gasteiger partial charge in [-0.2, -0.15) is 0 Å². The highest BCUT2D eigenvalue weighted by Crippen LogP contribution is 2.26. The number of hydrogen-bond donors (Lipinski definition) is 0. The Balaban J connectivity index is 4.73. The van der Waals surface area contributed by atoms with Crippen LogP contribution >= 0.6 is 0 Å². The summed E-state index contributed by atoms with van der Waals surface area (Å²) in [6.07, 6.45) is 3.28. The first kappa shape index (κ1) is 18.1. The normalized spacial score (nSPS) is 11.2. The Morgan fingerprint density at radius 3 is 1.85 bits per heavy atom. The molecule has 0 amide bonds. The highest BCUT2D eigenvalue weighted by molar-refractivity contribution is 5.99. The van der Waals surface area contributed by atoms with E-state index in [1.165, 1.54) is 13.8 Å². The van der Waals surface area contributed by atoms with Gasteiger partial charge in [0.1, 0.15) is 6.61 Å². The van der Waals surface area contributed by atoms with Crippen LogP contribution in [0, 0.1) is 5.41 Å². The van der Waals surface area contributed by atoms with Crippen LogP contribution in [-0.4, -0.2) is 37.7 Å². The number of esters is 3. The van der Waals surface area contributed by atoms with Gasteiger partial charge < -0.3 is 14.2 Å². The number of carbonyl (C=O) groups excluding carboxylic acids is 3. The second kappa shape index (κ2) is 9.12. The van der Waals surface area contributed by atoms with Crippen LogP contribution in [-0.2, 0) is 28.6 Å². The molecular formula is C14H22O6. The Hall–Kier alpha value is -1.85. The van der Waals surface area contributed by atoms with Crippen LogP contribution in [0.15, 0.2) is 12.2 Å². The third-order valence-corrected chi connectivity index (χ3v) is 2.53. The predicted molar refractivity (Wildman–Crippen MR) is 71.8 cm³/mol. The highest BCUT2D eigenvalue weighted by atomic mass is 16.6. The standard InChI is InChI=1S/C14H22O6/c1-5-18-12(16)14(4,13(17)19-6-2)9-7-8-10-20-11(3)15/h7-8H,5-6,9-10H2,1-4H3/b8-7+. The van der Waals surface area contributed by atoms with E-state index < -0.39 is 23.3 Å². The Bertz CT molecular complexity index is 354. The zero-order valence-electron chi connectivity index (χ0n) is 12.4. The van der Waals surface area contributed by atoms with E-state index in [0.717, 1.165) is 0 Å². The summed E-state index contributed by atoms with van der Waals surface area (Å²) < 4.78 is 14.5. The molecule has 114 valence electrons. The van der Waals surface area contributed by atoms with Crippen molar-refractivity contribution >= 4 is 17.9 Å². The first-order chi connectivity index (χ1) is 9.38. The molecule has 0 unspecified atom stereocenters. The Kier molecular flexibility index (Phi) is 8.27. The summed E-state index contributed by atoms with van der Waals surface area (Å²) in [6, 6.07) is 0. The largest absolute Gasteiger partial charge is 0.465 e. The van der Waals surface area contributed by atoms with Crippen molar-refractivity contribution < 1.29 is 28.6 Å². The van der Waals surface area contributed by atoms with Crippen LogP contribution in [0.3, 0.4) is 0 Å². The minimum atomic E-state index is -1.39. The lowest BCUT2D eigenvalue weighted by molar-refractivity contribution is -0.170. The molecule has 0 heterocycles. The van der Waals surface area contributed by atoms with Crippen molar-refractivity contribution in [3.8, 4) is 0 Å². The van der Waals surface area contributed by atoms with Gasteiger partial charge in [0.2, 0.25) is 0 Å². The summed E-state index contributed by atoms with van der Waals surface area (Å²) in [5.74, 6) is -1.65. The minimum Gasteiger partial charge on any atom is -0.465 e. The molecule has 0 aliphatic rings. The monoisotopic (exact) mass is 286 g/mol. The van der Waals surface area contributed by atoms with E-state index >= 15 is 0 Å². The van der Waals surface area contributed by atoms with Crippen molar-refractivity contribution in [3.63, 3.8) is 0 Å². The summed E-state index contributed by atoms with van der Waals surface area (Å²) in [4.78, 5) is 34.4. The van der Waals surface area contributed by atoms with Gasteiger partial charge >= 0.3 is 17.9 Å². The van der Waals surface area contributed by atoms with Gasteiger partial charge in [-0.1, -0.05) is 12.2 Å². The van der Waals surface area contributed by atoms with Crippen LogP contribution in [0.5, 0.6) is 0 Å². The number of rotatable bonds is 8. The van der Waals surface area contributed by atoms with Gasteiger partial charge in [-0.3, -0.25) is 14.4 Å². The minimum absolute atomic E-state index is 0.0943. The van der Waals surface area contributed by atoms with Gasteiger partial charge in [0.15, 0.2) is 5.41 Å². The summed E-state index contributed by atoms with van der Waals surface area (Å²) in [7, 11) is 0. The molecule has 0 aliphatic carbocycles. The highest BCUT2D eigenvalue weighted by Gasteiger charge is 2.43. The summed E-state index contributed by atoms with van der Waals surface area (Å²) in [5.41, 5.74) is -1.39. The summed E-state index contributed by atoms with van der Waals surface area (Å²) >= 11 is 0. The van der Waals surface area contributed by atoms with Crippen molar-refractivity contribution in [1.82, 2.24) is 0 Å². The van der Waals surface area contributed by atoms with E-state index in [1.54, 1.807) is 26.0 Å². The molecule has 0 saturated carbocycles. The molecule has 0 aliphatic heterocycles. The molecule has 0 aromatic rings. The fraction of sp³-hybridized carbons (Fsp3) is 0.643. The second-order valence-corrected chi connectivity index (χ2v) is 4.25. The molecule has 0 aromatic heterocycles. The van der Waals surface area contributed by atoms with E-state index in [4.69, 9.17) is 14.2 Å². The topological polar surface area (TPSA) is 78.9 Å². The van der Waals surface area contributed by atoms with Crippen LogP contribution < -0.4 is 0 Å². The van der Waals surface area contributed by atoms with Crippen molar-refractivity contribution in [1.29, 1.82) is 0 Å². The molecule has 0 atom stereocenters. The first-order valence-electron chi connectivity index (χ1n) is 6.51. The third kappa shape index (κ3) is 5.86. The van der Waals surface area contributed by atoms with Gasteiger partial charge in [-0.15, -0.1) is 0 Å². The first-order valence-corrected chi connectivity index (χ1v) is 6.51. The average Bonchev–Trinajstić information content (AvgIpc) is 2.38. The average molecular weight is 286 g/mol. The molecule has 0 bridgehead atoms. The van der Waals surface area contributed by atoms with Crippen LogP contribution in [0.25, 0.3) is 0 Å². The van der Waals surface area contributed by atoms with Crippen molar-refractivity contribution in [2.75, 3.05) is 19.8 Å². The lowest BCUT2D eigenvalue weighted by atomic mass is 9.86. The molecule has 20 heavy (non-hydrogen) atoms. The SMILES string of the molecule is CCOC(=O)C(C)(C/C=C/COC(C)=O)C(=O)OCC. The lowest BCUT2D eigenvalue weighted by Crippen LogP contribution is -2.39. The molecule has 6 heteroatoms. The van der Waals surface area contributed by atoms with Crippen LogP contribution in [0.4, 0.5) is 0 Å². The van der Waals surface area contributed by atoms with E-state index in [2.05, 4.69) is 0 Å². The van der Waals surface area contributed by atoms with Crippen molar-refractivity contribution in [2.24, 2.45) is 5.41 Å². The van der Waals surface area contributed by atoms with E-state index in [9.17, 15) is 14.4 Å². The number of carbonyl (C=O) groups is 3. The quantitative estimate of drug-likeness (QED) is 0.292. The molecule has 0 rings (SSSR count). The number of allylic oxidation sites excluding steroid dienone is 1. The van der Waals surface area contributed by atoms with Gasteiger partial charge in [-0.25, -0.2) is 0 Å². The third-order valence-electron chi connectivity index (χ3n) is 2.53. The molecule has 0 fully saturated rings. The van der Waals surface area contributed by atoms with Crippen LogP contribution in [0.2, 0.25) is 0 Å². The molecule has 0 radical (unpaired) electrons. The maximum Gasteiger partial charge on any atom is 0.323 e. The summed E-state index contributed by atoms with van der Waals surface area (Å²) in [6.45, 7) is 6.57. The van der Waals surface area contributed by atoms with Crippen molar-refractivity contribution in [2.45, 2.75) is 34.1 Å². The Morgan fingerprint density at radius 2 is 1.45 bits per heavy atom. The number of hydrogen-bond acceptors (Lipinski definition) is 6. The predicted octanol–water partition coefficient (Wildman–Crippen LogP) is 1.63. The molecule has 0 spiro atoms. The fourth-order valence-electron chi connectivity index (χ4n) is 1.38. The second-order valence-electron chi connectivity index (χ2n) is 4.25. The maximum absolute atomic E-state index is 11.9. The van der Waals surface area contributed by atoms with E-state index in [0.29, 0.717) is 0 Å². The van der Waals surface area contributed by atoms with Gasteiger partial charge in [0.25, 0.3) is 0 Å². The number of ether oxygens (including phenoxy) is 3. The summed E-state index contributed by atoms with van der Waals surface area (Å²) in [5, 5.41) is 0. The van der Waals surface area contributed by atoms with Crippen LogP contribution in [0.1, 0.15) is 34.1 Å². The smallest absolute Gasteiger partial charge is 0.323 e. The zero-order valence-corrected chi connectivity index (χ0v) is 12.4. The zero-order chi connectivity index (χ0) is 15.6. The maximum atomic E-state index is 11.9. The molecule has 0 saturated heterocycles. The lowest BCUT2D eigenvalue weighted by Gasteiger charge is -2.23. The van der Waals surface area contributed by atoms with Gasteiger partial charge in [0.05, 0.1) is 13.2 Å². The van der Waals surface area contributed by atoms with Gasteiger partial charge in [0, 0.05) is 6.92 Å². The van der Waals surface area contributed by atoms with Gasteiger partial charge in [-0.05, 0) is 27.2 Å². The Morgan fingerprint density at radius 1 is 0.950 bits per heavy atom. The van der Waals surface area contributed by atoms with E-state index in [1.807, 2.05) is 0 Å². The molecular weight excluding hydrogens is 264 g/mol. The molecule has 0 N–H and O–H groups in total. The fourth-order valence-corrected chi connectivity index (χ4v) is 1.38. The molecule has 6 nitrogen and oxygen atoms in total. The molecule has 0 aromatic carbocycles. The Labute approximate surface area is 119 Å². The van der Waals surface area contributed by atoms with E-state index in [-0.39, 0.29) is 26.2 Å². The van der Waals surface area contributed by atoms with Crippen molar-refractivity contribution in [3.05, 3.63) is 12.2 Å².